The molecule has 2 unspecified atom stereocenters. The highest BCUT2D eigenvalue weighted by Gasteiger charge is 2.32. The van der Waals surface area contributed by atoms with Crippen LogP contribution in [0.25, 0.3) is 0 Å². The summed E-state index contributed by atoms with van der Waals surface area (Å²) in [6.45, 7) is 2.16. The first kappa shape index (κ1) is 15.5. The van der Waals surface area contributed by atoms with Crippen LogP contribution in [0, 0.1) is 0 Å². The smallest absolute Gasteiger partial charge is 0.0892 e. The molecule has 0 aliphatic carbocycles. The molecule has 0 bridgehead atoms. The number of rotatable bonds is 3. The number of hydrogen-bond donors (Lipinski definition) is 0. The van der Waals surface area contributed by atoms with Gasteiger partial charge in [0.25, 0.3) is 0 Å². The van der Waals surface area contributed by atoms with E-state index in [4.69, 9.17) is 11.6 Å². The molecule has 0 N–H and O–H groups in total. The van der Waals surface area contributed by atoms with E-state index >= 15 is 0 Å². The number of nitrogens with zero attached hydrogens (tertiary/aromatic N) is 2. The lowest BCUT2D eigenvalue weighted by Crippen LogP contribution is -2.43. The molecule has 0 saturated heterocycles. The molecule has 2 atom stereocenters. The standard InChI is InChI=1S/C17H19ClN2OS/c1-4-17(19(2)3)20-13-7-5-6-8-15(13)22(21)16-11-12(18)9-10-14(16)20/h5-11,17H,4H2,1-3H3. The second-order valence-corrected chi connectivity index (χ2v) is 7.42. The van der Waals surface area contributed by atoms with E-state index in [0.29, 0.717) is 5.02 Å². The SMILES string of the molecule is CCC(N(C)C)N1c2ccccc2S(=O)c2cc(Cl)ccc21. The molecule has 22 heavy (non-hydrogen) atoms. The van der Waals surface area contributed by atoms with Crippen molar-refractivity contribution in [1.29, 1.82) is 0 Å². The Hall–Kier alpha value is -1.36. The number of benzene rings is 2. The lowest BCUT2D eigenvalue weighted by molar-refractivity contribution is 0.289. The van der Waals surface area contributed by atoms with Crippen molar-refractivity contribution < 1.29 is 4.21 Å². The second-order valence-electron chi connectivity index (χ2n) is 5.57. The van der Waals surface area contributed by atoms with Crippen LogP contribution in [0.1, 0.15) is 13.3 Å². The van der Waals surface area contributed by atoms with Gasteiger partial charge in [0.15, 0.2) is 0 Å². The van der Waals surface area contributed by atoms with Gasteiger partial charge in [0.05, 0.1) is 38.1 Å². The maximum atomic E-state index is 12.9. The topological polar surface area (TPSA) is 23.6 Å². The zero-order valence-corrected chi connectivity index (χ0v) is 14.5. The Bertz CT molecular complexity index is 732. The largest absolute Gasteiger partial charge is 0.323 e. The average Bonchev–Trinajstić information content (AvgIpc) is 2.51. The third-order valence-corrected chi connectivity index (χ3v) is 5.67. The van der Waals surface area contributed by atoms with E-state index in [-0.39, 0.29) is 6.17 Å². The maximum Gasteiger partial charge on any atom is 0.0892 e. The van der Waals surface area contributed by atoms with Crippen LogP contribution in [0.2, 0.25) is 5.02 Å². The molecule has 3 nitrogen and oxygen atoms in total. The first-order valence-corrected chi connectivity index (χ1v) is 8.83. The molecular formula is C17H19ClN2OS. The third kappa shape index (κ3) is 2.45. The van der Waals surface area contributed by atoms with Crippen molar-refractivity contribution in [1.82, 2.24) is 4.90 Å². The summed E-state index contributed by atoms with van der Waals surface area (Å²) in [5.74, 6) is 0. The first-order valence-electron chi connectivity index (χ1n) is 7.30. The van der Waals surface area contributed by atoms with Crippen LogP contribution in [0.3, 0.4) is 0 Å². The Morgan fingerprint density at radius 3 is 2.50 bits per heavy atom. The van der Waals surface area contributed by atoms with E-state index in [1.54, 1.807) is 0 Å². The van der Waals surface area contributed by atoms with Crippen molar-refractivity contribution in [2.75, 3.05) is 19.0 Å². The summed E-state index contributed by atoms with van der Waals surface area (Å²) in [7, 11) is 2.94. The molecule has 2 aromatic carbocycles. The molecule has 0 radical (unpaired) electrons. The zero-order chi connectivity index (χ0) is 15.9. The molecular weight excluding hydrogens is 316 g/mol. The highest BCUT2D eigenvalue weighted by Crippen LogP contribution is 2.44. The van der Waals surface area contributed by atoms with Crippen molar-refractivity contribution in [2.24, 2.45) is 0 Å². The van der Waals surface area contributed by atoms with Crippen molar-refractivity contribution in [3.05, 3.63) is 47.5 Å². The van der Waals surface area contributed by atoms with Crippen molar-refractivity contribution in [3.63, 3.8) is 0 Å². The van der Waals surface area contributed by atoms with E-state index in [1.807, 2.05) is 42.5 Å². The van der Waals surface area contributed by atoms with Gasteiger partial charge in [0, 0.05) is 5.02 Å². The van der Waals surface area contributed by atoms with Crippen LogP contribution >= 0.6 is 11.6 Å². The van der Waals surface area contributed by atoms with E-state index in [0.717, 1.165) is 27.6 Å². The highest BCUT2D eigenvalue weighted by molar-refractivity contribution is 7.85. The Morgan fingerprint density at radius 1 is 1.14 bits per heavy atom. The molecule has 5 heteroatoms. The summed E-state index contributed by atoms with van der Waals surface area (Å²) in [5, 5.41) is 0.615. The van der Waals surface area contributed by atoms with E-state index in [1.165, 1.54) is 0 Å². The normalized spacial score (nSPS) is 18.0. The minimum absolute atomic E-state index is 0.193. The van der Waals surface area contributed by atoms with Gasteiger partial charge < -0.3 is 4.90 Å². The maximum absolute atomic E-state index is 12.9. The summed E-state index contributed by atoms with van der Waals surface area (Å²) < 4.78 is 12.9. The quantitative estimate of drug-likeness (QED) is 0.838. The third-order valence-electron chi connectivity index (χ3n) is 3.96. The summed E-state index contributed by atoms with van der Waals surface area (Å²) in [6.07, 6.45) is 1.15. The summed E-state index contributed by atoms with van der Waals surface area (Å²) in [5.41, 5.74) is 1.98. The molecule has 0 aromatic heterocycles. The first-order chi connectivity index (χ1) is 10.5. The van der Waals surface area contributed by atoms with Gasteiger partial charge in [-0.25, -0.2) is 4.21 Å². The predicted octanol–water partition coefficient (Wildman–Crippen LogP) is 4.26. The monoisotopic (exact) mass is 334 g/mol. The van der Waals surface area contributed by atoms with Crippen LogP contribution in [0.4, 0.5) is 11.4 Å². The van der Waals surface area contributed by atoms with Crippen molar-refractivity contribution >= 4 is 33.8 Å². The lowest BCUT2D eigenvalue weighted by Gasteiger charge is -2.41. The van der Waals surface area contributed by atoms with Gasteiger partial charge in [-0.2, -0.15) is 0 Å². The van der Waals surface area contributed by atoms with E-state index < -0.39 is 10.8 Å². The van der Waals surface area contributed by atoms with Gasteiger partial charge in [-0.1, -0.05) is 30.7 Å². The second kappa shape index (κ2) is 6.03. The number of halogens is 1. The fourth-order valence-corrected chi connectivity index (χ4v) is 4.62. The summed E-state index contributed by atoms with van der Waals surface area (Å²) >= 11 is 6.13. The molecule has 1 aliphatic rings. The Labute approximate surface area is 139 Å². The number of anilines is 2. The molecule has 1 aliphatic heterocycles. The Kier molecular flexibility index (Phi) is 4.26. The summed E-state index contributed by atoms with van der Waals surface area (Å²) in [4.78, 5) is 6.08. The number of hydrogen-bond acceptors (Lipinski definition) is 3. The van der Waals surface area contributed by atoms with Crippen LogP contribution in [0.15, 0.2) is 52.3 Å². The van der Waals surface area contributed by atoms with Gasteiger partial charge in [0.1, 0.15) is 0 Å². The van der Waals surface area contributed by atoms with Crippen LogP contribution in [-0.2, 0) is 10.8 Å². The Morgan fingerprint density at radius 2 is 1.82 bits per heavy atom. The molecule has 2 aromatic rings. The van der Waals surface area contributed by atoms with E-state index in [2.05, 4.69) is 30.8 Å². The predicted molar refractivity (Wildman–Crippen MR) is 92.5 cm³/mol. The van der Waals surface area contributed by atoms with Gasteiger partial charge in [0.2, 0.25) is 0 Å². The number of para-hydroxylation sites is 1. The summed E-state index contributed by atoms with van der Waals surface area (Å²) in [6, 6.07) is 13.5. The molecule has 3 rings (SSSR count). The lowest BCUT2D eigenvalue weighted by atomic mass is 10.1. The average molecular weight is 335 g/mol. The Balaban J connectivity index is 2.26. The highest BCUT2D eigenvalue weighted by atomic mass is 35.5. The minimum atomic E-state index is -1.20. The fraction of sp³-hybridized carbons (Fsp3) is 0.294. The van der Waals surface area contributed by atoms with Gasteiger partial charge >= 0.3 is 0 Å². The van der Waals surface area contributed by atoms with Crippen molar-refractivity contribution in [3.8, 4) is 0 Å². The molecule has 0 fully saturated rings. The molecule has 0 spiro atoms. The molecule has 0 saturated carbocycles. The molecule has 1 heterocycles. The van der Waals surface area contributed by atoms with Crippen molar-refractivity contribution in [2.45, 2.75) is 29.3 Å². The van der Waals surface area contributed by atoms with Crippen LogP contribution in [-0.4, -0.2) is 29.4 Å². The fourth-order valence-electron chi connectivity index (χ4n) is 3.00. The van der Waals surface area contributed by atoms with Gasteiger partial charge in [-0.15, -0.1) is 0 Å². The van der Waals surface area contributed by atoms with Crippen LogP contribution in [0.5, 0.6) is 0 Å². The van der Waals surface area contributed by atoms with Gasteiger partial charge in [-0.05, 0) is 50.8 Å². The number of fused-ring (bicyclic) bond motifs is 2. The molecule has 116 valence electrons. The van der Waals surface area contributed by atoms with Crippen LogP contribution < -0.4 is 4.90 Å². The van der Waals surface area contributed by atoms with Gasteiger partial charge in [-0.3, -0.25) is 4.90 Å². The van der Waals surface area contributed by atoms with E-state index in [9.17, 15) is 4.21 Å². The molecule has 0 amide bonds. The zero-order valence-electron chi connectivity index (χ0n) is 12.9. The minimum Gasteiger partial charge on any atom is -0.323 e.